The van der Waals surface area contributed by atoms with Gasteiger partial charge in [0.25, 0.3) is 0 Å². The number of halogens is 1. The van der Waals surface area contributed by atoms with E-state index in [-0.39, 0.29) is 0 Å². The SMILES string of the molecule is Clc1ccccc1CSc1cc(N2CCOCC2)ncn1. The van der Waals surface area contributed by atoms with Crippen LogP contribution in [-0.4, -0.2) is 36.3 Å². The van der Waals surface area contributed by atoms with Crippen LogP contribution >= 0.6 is 23.4 Å². The molecule has 1 aromatic carbocycles. The Hall–Kier alpha value is -1.30. The van der Waals surface area contributed by atoms with E-state index in [1.165, 1.54) is 0 Å². The molecule has 0 amide bonds. The first kappa shape index (κ1) is 14.6. The van der Waals surface area contributed by atoms with Crippen molar-refractivity contribution in [2.75, 3.05) is 31.2 Å². The molecule has 3 rings (SSSR count). The molecule has 2 heterocycles. The number of benzene rings is 1. The van der Waals surface area contributed by atoms with Crippen molar-refractivity contribution in [3.63, 3.8) is 0 Å². The third-order valence-electron chi connectivity index (χ3n) is 3.30. The first-order valence-corrected chi connectivity index (χ1v) is 8.20. The number of thioether (sulfide) groups is 1. The molecule has 1 aliphatic heterocycles. The summed E-state index contributed by atoms with van der Waals surface area (Å²) in [5, 5.41) is 1.76. The second kappa shape index (κ2) is 7.11. The fraction of sp³-hybridized carbons (Fsp3) is 0.333. The van der Waals surface area contributed by atoms with Crippen LogP contribution in [0.3, 0.4) is 0 Å². The average Bonchev–Trinajstić information content (AvgIpc) is 2.55. The lowest BCUT2D eigenvalue weighted by Gasteiger charge is -2.27. The third-order valence-corrected chi connectivity index (χ3v) is 4.64. The second-order valence-electron chi connectivity index (χ2n) is 4.69. The molecule has 1 aliphatic rings. The Balaban J connectivity index is 1.67. The minimum absolute atomic E-state index is 0.756. The van der Waals surface area contributed by atoms with E-state index >= 15 is 0 Å². The molecule has 2 aromatic rings. The van der Waals surface area contributed by atoms with Gasteiger partial charge in [0, 0.05) is 29.9 Å². The Morgan fingerprint density at radius 2 is 2.00 bits per heavy atom. The number of rotatable bonds is 4. The van der Waals surface area contributed by atoms with E-state index in [1.807, 2.05) is 30.3 Å². The van der Waals surface area contributed by atoms with Gasteiger partial charge in [0.2, 0.25) is 0 Å². The summed E-state index contributed by atoms with van der Waals surface area (Å²) >= 11 is 7.85. The zero-order valence-corrected chi connectivity index (χ0v) is 13.1. The van der Waals surface area contributed by atoms with Crippen molar-refractivity contribution in [3.05, 3.63) is 47.2 Å². The van der Waals surface area contributed by atoms with Crippen molar-refractivity contribution in [3.8, 4) is 0 Å². The van der Waals surface area contributed by atoms with Gasteiger partial charge in [-0.05, 0) is 11.6 Å². The molecule has 0 aliphatic carbocycles. The van der Waals surface area contributed by atoms with Gasteiger partial charge in [-0.25, -0.2) is 9.97 Å². The first-order chi connectivity index (χ1) is 10.3. The molecule has 110 valence electrons. The minimum Gasteiger partial charge on any atom is -0.378 e. The zero-order chi connectivity index (χ0) is 14.5. The molecular formula is C15H16ClN3OS. The lowest BCUT2D eigenvalue weighted by atomic mass is 10.2. The summed E-state index contributed by atoms with van der Waals surface area (Å²) in [5.74, 6) is 1.77. The third kappa shape index (κ3) is 3.87. The van der Waals surface area contributed by atoms with Crippen LogP contribution in [0.2, 0.25) is 5.02 Å². The maximum atomic E-state index is 6.18. The van der Waals surface area contributed by atoms with Crippen molar-refractivity contribution < 1.29 is 4.74 Å². The summed E-state index contributed by atoms with van der Waals surface area (Å²) in [6.45, 7) is 3.27. The monoisotopic (exact) mass is 321 g/mol. The smallest absolute Gasteiger partial charge is 0.133 e. The van der Waals surface area contributed by atoms with Crippen molar-refractivity contribution in [1.29, 1.82) is 0 Å². The van der Waals surface area contributed by atoms with Crippen LogP contribution in [-0.2, 0) is 10.5 Å². The first-order valence-electron chi connectivity index (χ1n) is 6.84. The predicted molar refractivity (Wildman–Crippen MR) is 86.1 cm³/mol. The van der Waals surface area contributed by atoms with E-state index in [2.05, 4.69) is 14.9 Å². The number of hydrogen-bond donors (Lipinski definition) is 0. The molecule has 0 radical (unpaired) electrons. The summed E-state index contributed by atoms with van der Waals surface area (Å²) in [4.78, 5) is 10.9. The van der Waals surface area contributed by atoms with Gasteiger partial charge in [0.15, 0.2) is 0 Å². The Labute approximate surface area is 133 Å². The number of nitrogens with zero attached hydrogens (tertiary/aromatic N) is 3. The molecule has 0 atom stereocenters. The molecule has 6 heteroatoms. The standard InChI is InChI=1S/C15H16ClN3OS/c16-13-4-2-1-3-12(13)10-21-15-9-14(17-11-18-15)19-5-7-20-8-6-19/h1-4,9,11H,5-8,10H2. The van der Waals surface area contributed by atoms with Gasteiger partial charge in [-0.3, -0.25) is 0 Å². The highest BCUT2D eigenvalue weighted by molar-refractivity contribution is 7.98. The lowest BCUT2D eigenvalue weighted by Crippen LogP contribution is -2.36. The number of ether oxygens (including phenoxy) is 1. The Morgan fingerprint density at radius 1 is 1.19 bits per heavy atom. The highest BCUT2D eigenvalue weighted by atomic mass is 35.5. The molecule has 1 saturated heterocycles. The Morgan fingerprint density at radius 3 is 2.81 bits per heavy atom. The highest BCUT2D eigenvalue weighted by Crippen LogP contribution is 2.26. The summed E-state index contributed by atoms with van der Waals surface area (Å²) in [6.07, 6.45) is 1.62. The molecule has 4 nitrogen and oxygen atoms in total. The summed E-state index contributed by atoms with van der Waals surface area (Å²) in [5.41, 5.74) is 1.12. The van der Waals surface area contributed by atoms with Gasteiger partial charge < -0.3 is 9.64 Å². The van der Waals surface area contributed by atoms with Crippen LogP contribution in [0, 0.1) is 0 Å². The fourth-order valence-corrected chi connectivity index (χ4v) is 3.29. The molecule has 0 N–H and O–H groups in total. The lowest BCUT2D eigenvalue weighted by molar-refractivity contribution is 0.122. The molecule has 0 saturated carbocycles. The average molecular weight is 322 g/mol. The topological polar surface area (TPSA) is 38.2 Å². The van der Waals surface area contributed by atoms with E-state index < -0.39 is 0 Å². The van der Waals surface area contributed by atoms with Gasteiger partial charge in [-0.15, -0.1) is 11.8 Å². The fourth-order valence-electron chi connectivity index (χ4n) is 2.14. The quantitative estimate of drug-likeness (QED) is 0.638. The molecule has 21 heavy (non-hydrogen) atoms. The van der Waals surface area contributed by atoms with Crippen molar-refractivity contribution in [2.45, 2.75) is 10.8 Å². The molecule has 1 fully saturated rings. The van der Waals surface area contributed by atoms with E-state index in [0.717, 1.165) is 53.5 Å². The maximum absolute atomic E-state index is 6.18. The maximum Gasteiger partial charge on any atom is 0.133 e. The van der Waals surface area contributed by atoms with Crippen LogP contribution in [0.4, 0.5) is 5.82 Å². The van der Waals surface area contributed by atoms with E-state index in [0.29, 0.717) is 0 Å². The number of hydrogen-bond acceptors (Lipinski definition) is 5. The van der Waals surface area contributed by atoms with Gasteiger partial charge >= 0.3 is 0 Å². The van der Waals surface area contributed by atoms with E-state index in [1.54, 1.807) is 18.1 Å². The van der Waals surface area contributed by atoms with Crippen LogP contribution in [0.25, 0.3) is 0 Å². The molecule has 0 spiro atoms. The second-order valence-corrected chi connectivity index (χ2v) is 6.10. The molecular weight excluding hydrogens is 306 g/mol. The molecule has 0 unspecified atom stereocenters. The zero-order valence-electron chi connectivity index (χ0n) is 11.5. The van der Waals surface area contributed by atoms with Crippen LogP contribution < -0.4 is 4.90 Å². The van der Waals surface area contributed by atoms with Crippen LogP contribution in [0.5, 0.6) is 0 Å². The molecule has 0 bridgehead atoms. The van der Waals surface area contributed by atoms with Gasteiger partial charge in [-0.2, -0.15) is 0 Å². The summed E-state index contributed by atoms with van der Waals surface area (Å²) in [7, 11) is 0. The van der Waals surface area contributed by atoms with Crippen molar-refractivity contribution in [1.82, 2.24) is 9.97 Å². The largest absolute Gasteiger partial charge is 0.378 e. The Bertz CT molecular complexity index is 605. The summed E-state index contributed by atoms with van der Waals surface area (Å²) < 4.78 is 5.37. The van der Waals surface area contributed by atoms with Gasteiger partial charge in [0.1, 0.15) is 17.2 Å². The van der Waals surface area contributed by atoms with E-state index in [9.17, 15) is 0 Å². The van der Waals surface area contributed by atoms with Crippen molar-refractivity contribution >= 4 is 29.2 Å². The van der Waals surface area contributed by atoms with Crippen LogP contribution in [0.1, 0.15) is 5.56 Å². The predicted octanol–water partition coefficient (Wildman–Crippen LogP) is 3.26. The Kier molecular flexibility index (Phi) is 4.95. The van der Waals surface area contributed by atoms with Gasteiger partial charge in [0.05, 0.1) is 13.2 Å². The summed E-state index contributed by atoms with van der Waals surface area (Å²) in [6, 6.07) is 9.93. The highest BCUT2D eigenvalue weighted by Gasteiger charge is 2.13. The van der Waals surface area contributed by atoms with Gasteiger partial charge in [-0.1, -0.05) is 29.8 Å². The normalized spacial score (nSPS) is 15.2. The van der Waals surface area contributed by atoms with E-state index in [4.69, 9.17) is 16.3 Å². The number of morpholine rings is 1. The number of aromatic nitrogens is 2. The minimum atomic E-state index is 0.756. The van der Waals surface area contributed by atoms with Crippen molar-refractivity contribution in [2.24, 2.45) is 0 Å². The number of anilines is 1. The molecule has 1 aromatic heterocycles. The van der Waals surface area contributed by atoms with Crippen LogP contribution in [0.15, 0.2) is 41.7 Å².